The molecule has 0 bridgehead atoms. The van der Waals surface area contributed by atoms with E-state index in [1.807, 2.05) is 12.1 Å². The molecule has 0 saturated carbocycles. The molecule has 28 heavy (non-hydrogen) atoms. The van der Waals surface area contributed by atoms with Crippen molar-refractivity contribution < 1.29 is 14.3 Å². The summed E-state index contributed by atoms with van der Waals surface area (Å²) in [5, 5.41) is 3.17. The van der Waals surface area contributed by atoms with Gasteiger partial charge < -0.3 is 14.8 Å². The van der Waals surface area contributed by atoms with Crippen molar-refractivity contribution in [2.24, 2.45) is 5.41 Å². The molecule has 2 aliphatic heterocycles. The van der Waals surface area contributed by atoms with E-state index in [1.165, 1.54) is 5.56 Å². The summed E-state index contributed by atoms with van der Waals surface area (Å²) in [4.78, 5) is 17.2. The molecule has 0 spiro atoms. The second-order valence-corrected chi connectivity index (χ2v) is 7.85. The van der Waals surface area contributed by atoms with Crippen molar-refractivity contribution in [2.75, 3.05) is 26.4 Å². The van der Waals surface area contributed by atoms with Gasteiger partial charge in [0, 0.05) is 38.8 Å². The molecule has 2 aromatic rings. The van der Waals surface area contributed by atoms with Gasteiger partial charge in [-0.1, -0.05) is 24.3 Å². The highest BCUT2D eigenvalue weighted by Gasteiger charge is 2.40. The van der Waals surface area contributed by atoms with Crippen LogP contribution in [-0.4, -0.2) is 43.4 Å². The van der Waals surface area contributed by atoms with Crippen LogP contribution in [-0.2, 0) is 20.7 Å². The summed E-state index contributed by atoms with van der Waals surface area (Å²) in [6, 6.07) is 12.5. The maximum Gasteiger partial charge on any atom is 0.226 e. The Balaban J connectivity index is 1.45. The van der Waals surface area contributed by atoms with Crippen molar-refractivity contribution in [2.45, 2.75) is 38.2 Å². The molecule has 2 fully saturated rings. The maximum absolute atomic E-state index is 13.1. The minimum absolute atomic E-state index is 0.143. The molecule has 4 rings (SSSR count). The summed E-state index contributed by atoms with van der Waals surface area (Å²) in [6.45, 7) is 2.71. The van der Waals surface area contributed by atoms with Gasteiger partial charge in [0.1, 0.15) is 0 Å². The molecular formula is C23H28N2O3. The predicted molar refractivity (Wildman–Crippen MR) is 108 cm³/mol. The highest BCUT2D eigenvalue weighted by Crippen LogP contribution is 2.35. The molecule has 148 valence electrons. The van der Waals surface area contributed by atoms with Gasteiger partial charge in [0.2, 0.25) is 5.91 Å². The van der Waals surface area contributed by atoms with E-state index < -0.39 is 5.41 Å². The minimum Gasteiger partial charge on any atom is -0.381 e. The fourth-order valence-corrected chi connectivity index (χ4v) is 4.20. The van der Waals surface area contributed by atoms with Crippen LogP contribution in [0.4, 0.5) is 0 Å². The first-order chi connectivity index (χ1) is 13.8. The lowest BCUT2D eigenvalue weighted by molar-refractivity contribution is -0.137. The highest BCUT2D eigenvalue weighted by atomic mass is 16.5. The second-order valence-electron chi connectivity index (χ2n) is 7.85. The molecule has 1 aromatic carbocycles. The van der Waals surface area contributed by atoms with Gasteiger partial charge in [-0.2, -0.15) is 0 Å². The summed E-state index contributed by atoms with van der Waals surface area (Å²) in [6.07, 6.45) is 8.16. The van der Waals surface area contributed by atoms with E-state index in [4.69, 9.17) is 9.47 Å². The van der Waals surface area contributed by atoms with Gasteiger partial charge in [0.25, 0.3) is 0 Å². The first kappa shape index (κ1) is 19.1. The van der Waals surface area contributed by atoms with Crippen LogP contribution in [0.2, 0.25) is 0 Å². The Labute approximate surface area is 166 Å². The number of benzene rings is 1. The number of hydrogen-bond acceptors (Lipinski definition) is 4. The van der Waals surface area contributed by atoms with Gasteiger partial charge in [-0.15, -0.1) is 0 Å². The van der Waals surface area contributed by atoms with Crippen LogP contribution in [0.5, 0.6) is 0 Å². The number of nitrogens with zero attached hydrogens (tertiary/aromatic N) is 1. The number of carbonyl (C=O) groups excluding carboxylic acids is 1. The molecule has 1 atom stereocenters. The zero-order chi connectivity index (χ0) is 19.2. The number of ether oxygens (including phenoxy) is 2. The van der Waals surface area contributed by atoms with Crippen LogP contribution in [0.25, 0.3) is 11.1 Å². The molecule has 3 heterocycles. The first-order valence-corrected chi connectivity index (χ1v) is 10.2. The van der Waals surface area contributed by atoms with E-state index >= 15 is 0 Å². The molecule has 0 radical (unpaired) electrons. The third-order valence-electron chi connectivity index (χ3n) is 5.96. The third-order valence-corrected chi connectivity index (χ3v) is 5.96. The Bertz CT molecular complexity index is 764. The number of aromatic nitrogens is 1. The molecule has 0 unspecified atom stereocenters. The number of pyridine rings is 1. The van der Waals surface area contributed by atoms with Gasteiger partial charge in [-0.3, -0.25) is 9.78 Å². The smallest absolute Gasteiger partial charge is 0.226 e. The van der Waals surface area contributed by atoms with E-state index in [9.17, 15) is 4.79 Å². The number of rotatable bonds is 6. The lowest BCUT2D eigenvalue weighted by Gasteiger charge is -2.36. The van der Waals surface area contributed by atoms with Crippen molar-refractivity contribution in [1.82, 2.24) is 10.3 Å². The van der Waals surface area contributed by atoms with E-state index in [0.29, 0.717) is 19.8 Å². The molecule has 5 nitrogen and oxygen atoms in total. The second kappa shape index (κ2) is 8.84. The lowest BCUT2D eigenvalue weighted by Crippen LogP contribution is -2.47. The van der Waals surface area contributed by atoms with Gasteiger partial charge in [0.05, 0.1) is 11.5 Å². The Hall–Kier alpha value is -2.24. The van der Waals surface area contributed by atoms with E-state index in [1.54, 1.807) is 12.4 Å². The van der Waals surface area contributed by atoms with Crippen molar-refractivity contribution in [3.05, 3.63) is 54.4 Å². The zero-order valence-corrected chi connectivity index (χ0v) is 16.2. The molecule has 1 N–H and O–H groups in total. The molecule has 0 aliphatic carbocycles. The number of hydrogen-bond donors (Lipinski definition) is 1. The topological polar surface area (TPSA) is 60.5 Å². The standard InChI is InChI=1S/C23H28N2O3/c26-22(25-17-21-2-1-13-28-21)23(9-14-27-15-10-23)16-18-3-5-19(6-4-18)20-7-11-24-12-8-20/h3-8,11-12,21H,1-2,9-10,13-17H2,(H,25,26)/t21-/m1/s1. The summed E-state index contributed by atoms with van der Waals surface area (Å²) in [5.41, 5.74) is 3.10. The normalized spacial score (nSPS) is 21.4. The average Bonchev–Trinajstić information content (AvgIpc) is 3.27. The SMILES string of the molecule is O=C(NC[C@H]1CCCO1)C1(Cc2ccc(-c3ccncc3)cc2)CCOCC1. The monoisotopic (exact) mass is 380 g/mol. The fraction of sp³-hybridized carbons (Fsp3) is 0.478. The highest BCUT2D eigenvalue weighted by molar-refractivity contribution is 5.83. The minimum atomic E-state index is -0.394. The Kier molecular flexibility index (Phi) is 6.03. The lowest BCUT2D eigenvalue weighted by atomic mass is 9.74. The quantitative estimate of drug-likeness (QED) is 0.835. The van der Waals surface area contributed by atoms with Gasteiger partial charge in [-0.05, 0) is 60.9 Å². The molecule has 2 saturated heterocycles. The van der Waals surface area contributed by atoms with E-state index in [2.05, 4.69) is 34.6 Å². The molecule has 2 aliphatic rings. The van der Waals surface area contributed by atoms with Crippen LogP contribution in [0.1, 0.15) is 31.2 Å². The summed E-state index contributed by atoms with van der Waals surface area (Å²) >= 11 is 0. The Morgan fingerprint density at radius 2 is 1.75 bits per heavy atom. The van der Waals surface area contributed by atoms with Crippen LogP contribution in [0.3, 0.4) is 0 Å². The number of carbonyl (C=O) groups is 1. The largest absolute Gasteiger partial charge is 0.381 e. The molecular weight excluding hydrogens is 352 g/mol. The first-order valence-electron chi connectivity index (χ1n) is 10.2. The van der Waals surface area contributed by atoms with Gasteiger partial charge >= 0.3 is 0 Å². The Morgan fingerprint density at radius 1 is 1.04 bits per heavy atom. The molecule has 1 aromatic heterocycles. The van der Waals surface area contributed by atoms with Crippen LogP contribution < -0.4 is 5.32 Å². The summed E-state index contributed by atoms with van der Waals surface area (Å²) in [7, 11) is 0. The third kappa shape index (κ3) is 4.42. The number of nitrogens with one attached hydrogen (secondary N) is 1. The van der Waals surface area contributed by atoms with Gasteiger partial charge in [-0.25, -0.2) is 0 Å². The van der Waals surface area contributed by atoms with Crippen LogP contribution in [0.15, 0.2) is 48.8 Å². The Morgan fingerprint density at radius 3 is 2.43 bits per heavy atom. The fourth-order valence-electron chi connectivity index (χ4n) is 4.20. The predicted octanol–water partition coefficient (Wildman–Crippen LogP) is 3.38. The van der Waals surface area contributed by atoms with Crippen LogP contribution in [0, 0.1) is 5.41 Å². The maximum atomic E-state index is 13.1. The average molecular weight is 380 g/mol. The van der Waals surface area contributed by atoms with Crippen molar-refractivity contribution in [3.63, 3.8) is 0 Å². The van der Waals surface area contributed by atoms with E-state index in [0.717, 1.165) is 49.8 Å². The van der Waals surface area contributed by atoms with Crippen molar-refractivity contribution in [3.8, 4) is 11.1 Å². The zero-order valence-electron chi connectivity index (χ0n) is 16.2. The number of amides is 1. The summed E-state index contributed by atoms with van der Waals surface area (Å²) < 4.78 is 11.2. The van der Waals surface area contributed by atoms with Crippen LogP contribution >= 0.6 is 0 Å². The molecule has 1 amide bonds. The van der Waals surface area contributed by atoms with E-state index in [-0.39, 0.29) is 12.0 Å². The van der Waals surface area contributed by atoms with Crippen molar-refractivity contribution >= 4 is 5.91 Å². The van der Waals surface area contributed by atoms with Gasteiger partial charge in [0.15, 0.2) is 0 Å². The summed E-state index contributed by atoms with van der Waals surface area (Å²) in [5.74, 6) is 0.143. The van der Waals surface area contributed by atoms with Crippen molar-refractivity contribution in [1.29, 1.82) is 0 Å². The molecule has 5 heteroatoms.